The monoisotopic (exact) mass is 272 g/mol. The Morgan fingerprint density at radius 1 is 1.16 bits per heavy atom. The predicted molar refractivity (Wildman–Crippen MR) is 73.1 cm³/mol. The summed E-state index contributed by atoms with van der Waals surface area (Å²) in [7, 11) is 0. The van der Waals surface area contributed by atoms with Crippen molar-refractivity contribution in [2.75, 3.05) is 0 Å². The molecule has 0 unspecified atom stereocenters. The molecule has 0 bridgehead atoms. The van der Waals surface area contributed by atoms with Gasteiger partial charge in [-0.15, -0.1) is 0 Å². The molecule has 4 heteroatoms. The Balaban J connectivity index is 2.14. The second-order valence-electron chi connectivity index (χ2n) is 4.15. The minimum Gasteiger partial charge on any atom is -0.508 e. The number of phenols is 1. The van der Waals surface area contributed by atoms with Gasteiger partial charge < -0.3 is 9.84 Å². The lowest BCUT2D eigenvalue weighted by Gasteiger charge is -2.00. The number of phenolic OH excluding ortho intramolecular Hbond substituents is 1. The van der Waals surface area contributed by atoms with Crippen LogP contribution in [0.3, 0.4) is 0 Å². The van der Waals surface area contributed by atoms with E-state index in [2.05, 4.69) is 0 Å². The van der Waals surface area contributed by atoms with E-state index in [1.165, 1.54) is 12.1 Å². The molecule has 0 amide bonds. The number of fused-ring (bicyclic) bond motifs is 1. The van der Waals surface area contributed by atoms with Crippen molar-refractivity contribution in [1.82, 2.24) is 0 Å². The zero-order valence-electron chi connectivity index (χ0n) is 9.76. The summed E-state index contributed by atoms with van der Waals surface area (Å²) in [6.45, 7) is 0. The highest BCUT2D eigenvalue weighted by molar-refractivity contribution is 6.33. The van der Waals surface area contributed by atoms with Crippen molar-refractivity contribution < 1.29 is 14.6 Å². The standard InChI is InChI=1S/C15H9ClO3/c16-13-4-2-1-3-9(13)7-12-11-8-10(17)5-6-14(11)19-15(12)18/h1-8,17H/b12-7+. The molecule has 1 aliphatic heterocycles. The number of ether oxygens (including phenoxy) is 1. The second kappa shape index (κ2) is 4.44. The van der Waals surface area contributed by atoms with Crippen LogP contribution in [-0.4, -0.2) is 11.1 Å². The quantitative estimate of drug-likeness (QED) is 0.491. The van der Waals surface area contributed by atoms with Gasteiger partial charge in [0.1, 0.15) is 11.5 Å². The van der Waals surface area contributed by atoms with E-state index in [1.54, 1.807) is 18.2 Å². The van der Waals surface area contributed by atoms with E-state index in [0.29, 0.717) is 21.9 Å². The van der Waals surface area contributed by atoms with Crippen molar-refractivity contribution >= 4 is 29.2 Å². The lowest BCUT2D eigenvalue weighted by molar-refractivity contribution is -0.126. The summed E-state index contributed by atoms with van der Waals surface area (Å²) < 4.78 is 5.13. The van der Waals surface area contributed by atoms with Gasteiger partial charge in [-0.1, -0.05) is 29.8 Å². The Morgan fingerprint density at radius 3 is 2.74 bits per heavy atom. The molecule has 0 spiro atoms. The van der Waals surface area contributed by atoms with E-state index in [-0.39, 0.29) is 5.75 Å². The lowest BCUT2D eigenvalue weighted by Crippen LogP contribution is -2.00. The molecule has 0 aromatic heterocycles. The van der Waals surface area contributed by atoms with Crippen LogP contribution in [0.25, 0.3) is 11.6 Å². The third kappa shape index (κ3) is 2.09. The third-order valence-corrected chi connectivity index (χ3v) is 3.23. The predicted octanol–water partition coefficient (Wildman–Crippen LogP) is 3.51. The van der Waals surface area contributed by atoms with Gasteiger partial charge >= 0.3 is 5.97 Å². The van der Waals surface area contributed by atoms with E-state index in [1.807, 2.05) is 18.2 Å². The van der Waals surface area contributed by atoms with Crippen molar-refractivity contribution in [3.8, 4) is 11.5 Å². The molecule has 1 aliphatic rings. The van der Waals surface area contributed by atoms with Crippen LogP contribution in [-0.2, 0) is 4.79 Å². The fraction of sp³-hybridized carbons (Fsp3) is 0. The van der Waals surface area contributed by atoms with E-state index >= 15 is 0 Å². The van der Waals surface area contributed by atoms with Gasteiger partial charge in [-0.05, 0) is 35.9 Å². The van der Waals surface area contributed by atoms with Gasteiger partial charge in [-0.2, -0.15) is 0 Å². The minimum atomic E-state index is -0.444. The largest absolute Gasteiger partial charge is 0.508 e. The molecular weight excluding hydrogens is 264 g/mol. The zero-order valence-corrected chi connectivity index (χ0v) is 10.5. The molecule has 3 rings (SSSR count). The summed E-state index contributed by atoms with van der Waals surface area (Å²) in [6, 6.07) is 11.8. The maximum absolute atomic E-state index is 11.8. The molecule has 2 aromatic rings. The fourth-order valence-electron chi connectivity index (χ4n) is 1.97. The van der Waals surface area contributed by atoms with Crippen LogP contribution in [0.5, 0.6) is 11.5 Å². The van der Waals surface area contributed by atoms with Crippen molar-refractivity contribution in [2.45, 2.75) is 0 Å². The smallest absolute Gasteiger partial charge is 0.344 e. The van der Waals surface area contributed by atoms with E-state index in [9.17, 15) is 9.90 Å². The molecule has 0 fully saturated rings. The molecule has 0 saturated heterocycles. The van der Waals surface area contributed by atoms with Crippen LogP contribution in [0.4, 0.5) is 0 Å². The summed E-state index contributed by atoms with van der Waals surface area (Å²) in [5.74, 6) is 0.0868. The number of rotatable bonds is 1. The van der Waals surface area contributed by atoms with Crippen molar-refractivity contribution in [3.63, 3.8) is 0 Å². The van der Waals surface area contributed by atoms with Crippen LogP contribution < -0.4 is 4.74 Å². The SMILES string of the molecule is O=C1Oc2ccc(O)cc2/C1=C\c1ccccc1Cl. The summed E-state index contributed by atoms with van der Waals surface area (Å²) in [6.07, 6.45) is 1.66. The van der Waals surface area contributed by atoms with Crippen LogP contribution in [0.2, 0.25) is 5.02 Å². The van der Waals surface area contributed by atoms with E-state index in [4.69, 9.17) is 16.3 Å². The highest BCUT2D eigenvalue weighted by Gasteiger charge is 2.27. The first-order valence-electron chi connectivity index (χ1n) is 5.67. The Kier molecular flexibility index (Phi) is 2.76. The maximum Gasteiger partial charge on any atom is 0.344 e. The van der Waals surface area contributed by atoms with Gasteiger partial charge in [0.25, 0.3) is 0 Å². The molecule has 2 aromatic carbocycles. The van der Waals surface area contributed by atoms with Crippen LogP contribution in [0, 0.1) is 0 Å². The van der Waals surface area contributed by atoms with Gasteiger partial charge in [0, 0.05) is 10.6 Å². The Bertz CT molecular complexity index is 704. The van der Waals surface area contributed by atoms with Crippen LogP contribution in [0.1, 0.15) is 11.1 Å². The van der Waals surface area contributed by atoms with Gasteiger partial charge in [0.05, 0.1) is 5.57 Å². The molecule has 0 radical (unpaired) electrons. The third-order valence-electron chi connectivity index (χ3n) is 2.88. The first-order chi connectivity index (χ1) is 9.15. The Labute approximate surface area is 114 Å². The van der Waals surface area contributed by atoms with Crippen molar-refractivity contribution in [2.24, 2.45) is 0 Å². The van der Waals surface area contributed by atoms with Crippen LogP contribution >= 0.6 is 11.6 Å². The first kappa shape index (κ1) is 11.8. The van der Waals surface area contributed by atoms with E-state index < -0.39 is 5.97 Å². The van der Waals surface area contributed by atoms with E-state index in [0.717, 1.165) is 5.56 Å². The maximum atomic E-state index is 11.8. The number of esters is 1. The number of aromatic hydroxyl groups is 1. The average molecular weight is 273 g/mol. The topological polar surface area (TPSA) is 46.5 Å². The zero-order chi connectivity index (χ0) is 13.4. The normalized spacial score (nSPS) is 15.4. The molecular formula is C15H9ClO3. The number of hydrogen-bond donors (Lipinski definition) is 1. The van der Waals surface area contributed by atoms with Crippen LogP contribution in [0.15, 0.2) is 42.5 Å². The van der Waals surface area contributed by atoms with Gasteiger partial charge in [0.15, 0.2) is 0 Å². The molecule has 0 saturated carbocycles. The molecule has 94 valence electrons. The summed E-state index contributed by atoms with van der Waals surface area (Å²) >= 11 is 6.06. The molecule has 0 aliphatic carbocycles. The number of carbonyl (C=O) groups is 1. The highest BCUT2D eigenvalue weighted by atomic mass is 35.5. The highest BCUT2D eigenvalue weighted by Crippen LogP contribution is 2.38. The molecule has 0 atom stereocenters. The number of benzene rings is 2. The van der Waals surface area contributed by atoms with Gasteiger partial charge in [0.2, 0.25) is 0 Å². The second-order valence-corrected chi connectivity index (χ2v) is 4.56. The fourth-order valence-corrected chi connectivity index (χ4v) is 2.16. The first-order valence-corrected chi connectivity index (χ1v) is 6.05. The summed E-state index contributed by atoms with van der Waals surface area (Å²) in [5, 5.41) is 10.1. The molecule has 1 heterocycles. The molecule has 3 nitrogen and oxygen atoms in total. The average Bonchev–Trinajstić information content (AvgIpc) is 2.69. The molecule has 19 heavy (non-hydrogen) atoms. The number of carbonyl (C=O) groups excluding carboxylic acids is 1. The van der Waals surface area contributed by atoms with Crippen molar-refractivity contribution in [1.29, 1.82) is 0 Å². The number of hydrogen-bond acceptors (Lipinski definition) is 3. The van der Waals surface area contributed by atoms with Gasteiger partial charge in [-0.3, -0.25) is 0 Å². The minimum absolute atomic E-state index is 0.0853. The van der Waals surface area contributed by atoms with Crippen molar-refractivity contribution in [3.05, 3.63) is 58.6 Å². The Morgan fingerprint density at radius 2 is 1.95 bits per heavy atom. The summed E-state index contributed by atoms with van der Waals surface area (Å²) in [4.78, 5) is 11.8. The number of halogens is 1. The lowest BCUT2D eigenvalue weighted by atomic mass is 10.0. The summed E-state index contributed by atoms with van der Waals surface area (Å²) in [5.41, 5.74) is 1.69. The Hall–Kier alpha value is -2.26. The molecule has 1 N–H and O–H groups in total. The van der Waals surface area contributed by atoms with Gasteiger partial charge in [-0.25, -0.2) is 4.79 Å².